The molecule has 2 aromatic carbocycles. The lowest BCUT2D eigenvalue weighted by Gasteiger charge is -2.13. The predicted molar refractivity (Wildman–Crippen MR) is 123 cm³/mol. The Morgan fingerprint density at radius 2 is 1.76 bits per heavy atom. The Kier molecular flexibility index (Phi) is 9.26. The third-order valence-corrected chi connectivity index (χ3v) is 4.40. The van der Waals surface area contributed by atoms with Crippen LogP contribution >= 0.6 is 0 Å². The molecule has 3 rings (SSSR count). The summed E-state index contributed by atoms with van der Waals surface area (Å²) in [5, 5.41) is 0.505. The zero-order valence-electron chi connectivity index (χ0n) is 18.7. The van der Waals surface area contributed by atoms with Gasteiger partial charge in [-0.2, -0.15) is 0 Å². The van der Waals surface area contributed by atoms with Gasteiger partial charge in [0.05, 0.1) is 19.3 Å². The van der Waals surface area contributed by atoms with Gasteiger partial charge in [-0.05, 0) is 31.2 Å². The SMILES string of the molecule is CC=O.COCc1c(OC(C)=O)ccc2c(/C(C=O)=C/c3ccccc3OC)cc(=O)oc12. The number of ether oxygens (including phenoxy) is 3. The molecule has 0 fully saturated rings. The first-order valence-corrected chi connectivity index (χ1v) is 9.87. The fourth-order valence-corrected chi connectivity index (χ4v) is 3.16. The molecule has 0 aliphatic rings. The molecule has 8 heteroatoms. The minimum Gasteiger partial charge on any atom is -0.496 e. The monoisotopic (exact) mass is 452 g/mol. The molecule has 0 unspecified atom stereocenters. The van der Waals surface area contributed by atoms with Crippen LogP contribution in [0, 0.1) is 0 Å². The largest absolute Gasteiger partial charge is 0.496 e. The first-order valence-electron chi connectivity index (χ1n) is 9.87. The van der Waals surface area contributed by atoms with Crippen LogP contribution in [0.25, 0.3) is 22.6 Å². The van der Waals surface area contributed by atoms with E-state index in [-0.39, 0.29) is 23.5 Å². The summed E-state index contributed by atoms with van der Waals surface area (Å²) < 4.78 is 21.2. The molecule has 0 N–H and O–H groups in total. The highest BCUT2D eigenvalue weighted by Crippen LogP contribution is 2.33. The van der Waals surface area contributed by atoms with Gasteiger partial charge in [-0.1, -0.05) is 18.2 Å². The smallest absolute Gasteiger partial charge is 0.336 e. The normalized spacial score (nSPS) is 10.7. The Morgan fingerprint density at radius 1 is 1.06 bits per heavy atom. The quantitative estimate of drug-likeness (QED) is 0.175. The highest BCUT2D eigenvalue weighted by atomic mass is 16.5. The summed E-state index contributed by atoms with van der Waals surface area (Å²) in [4.78, 5) is 44.5. The van der Waals surface area contributed by atoms with Gasteiger partial charge in [0.15, 0.2) is 6.29 Å². The summed E-state index contributed by atoms with van der Waals surface area (Å²) in [6.45, 7) is 2.76. The van der Waals surface area contributed by atoms with Crippen LogP contribution in [0.1, 0.15) is 30.5 Å². The second-order valence-corrected chi connectivity index (χ2v) is 6.62. The third kappa shape index (κ3) is 6.24. The number of para-hydroxylation sites is 1. The van der Waals surface area contributed by atoms with E-state index in [1.54, 1.807) is 30.3 Å². The highest BCUT2D eigenvalue weighted by Gasteiger charge is 2.18. The Labute approximate surface area is 190 Å². The van der Waals surface area contributed by atoms with Gasteiger partial charge in [-0.15, -0.1) is 0 Å². The molecule has 0 aliphatic heterocycles. The number of hydrogen-bond donors (Lipinski definition) is 0. The predicted octanol–water partition coefficient (Wildman–Crippen LogP) is 3.82. The molecule has 1 aromatic heterocycles. The van der Waals surface area contributed by atoms with E-state index in [1.807, 2.05) is 12.1 Å². The van der Waals surface area contributed by atoms with Crippen molar-refractivity contribution in [1.82, 2.24) is 0 Å². The molecule has 0 spiro atoms. The van der Waals surface area contributed by atoms with E-state index in [1.165, 1.54) is 34.1 Å². The van der Waals surface area contributed by atoms with E-state index in [0.717, 1.165) is 6.29 Å². The number of carbonyl (C=O) groups excluding carboxylic acids is 3. The average molecular weight is 452 g/mol. The molecule has 172 valence electrons. The van der Waals surface area contributed by atoms with Crippen molar-refractivity contribution in [3.8, 4) is 11.5 Å². The lowest BCUT2D eigenvalue weighted by molar-refractivity contribution is -0.132. The fraction of sp³-hybridized carbons (Fsp3) is 0.200. The van der Waals surface area contributed by atoms with Crippen LogP contribution in [0.15, 0.2) is 51.7 Å². The Morgan fingerprint density at radius 3 is 2.36 bits per heavy atom. The van der Waals surface area contributed by atoms with Crippen molar-refractivity contribution >= 4 is 41.2 Å². The molecule has 0 saturated heterocycles. The van der Waals surface area contributed by atoms with Gasteiger partial charge in [-0.3, -0.25) is 9.59 Å². The van der Waals surface area contributed by atoms with Gasteiger partial charge in [0.25, 0.3) is 0 Å². The van der Waals surface area contributed by atoms with Crippen molar-refractivity contribution < 1.29 is 33.0 Å². The Balaban J connectivity index is 0.00000122. The molecular formula is C25H24O8. The van der Waals surface area contributed by atoms with Crippen LogP contribution in [0.5, 0.6) is 11.5 Å². The molecule has 0 aliphatic carbocycles. The van der Waals surface area contributed by atoms with Crippen molar-refractivity contribution in [2.75, 3.05) is 14.2 Å². The molecule has 3 aromatic rings. The molecule has 1 heterocycles. The molecule has 8 nitrogen and oxygen atoms in total. The topological polar surface area (TPSA) is 109 Å². The third-order valence-electron chi connectivity index (χ3n) is 4.40. The zero-order chi connectivity index (χ0) is 24.4. The number of aldehydes is 2. The number of esters is 1. The number of benzene rings is 2. The molecule has 33 heavy (non-hydrogen) atoms. The van der Waals surface area contributed by atoms with Crippen LogP contribution in [0.4, 0.5) is 0 Å². The van der Waals surface area contributed by atoms with E-state index in [9.17, 15) is 14.4 Å². The lowest BCUT2D eigenvalue weighted by Crippen LogP contribution is -2.07. The summed E-state index contributed by atoms with van der Waals surface area (Å²) in [5.74, 6) is 0.287. The number of fused-ring (bicyclic) bond motifs is 1. The molecule has 0 amide bonds. The van der Waals surface area contributed by atoms with E-state index in [0.29, 0.717) is 34.1 Å². The first kappa shape index (κ1) is 25.2. The first-order chi connectivity index (χ1) is 15.9. The lowest BCUT2D eigenvalue weighted by atomic mass is 9.98. The van der Waals surface area contributed by atoms with Crippen molar-refractivity contribution in [1.29, 1.82) is 0 Å². The van der Waals surface area contributed by atoms with E-state index in [4.69, 9.17) is 23.4 Å². The fourth-order valence-electron chi connectivity index (χ4n) is 3.16. The summed E-state index contributed by atoms with van der Waals surface area (Å²) in [6.07, 6.45) is 3.05. The maximum atomic E-state index is 12.3. The van der Waals surface area contributed by atoms with Crippen LogP contribution in [-0.2, 0) is 25.7 Å². The van der Waals surface area contributed by atoms with Crippen molar-refractivity contribution in [3.63, 3.8) is 0 Å². The van der Waals surface area contributed by atoms with Gasteiger partial charge in [0.2, 0.25) is 0 Å². The molecule has 0 atom stereocenters. The number of allylic oxidation sites excluding steroid dienone is 1. The summed E-state index contributed by atoms with van der Waals surface area (Å²) in [7, 11) is 3.00. The Hall–Kier alpha value is -4.04. The van der Waals surface area contributed by atoms with Gasteiger partial charge in [-0.25, -0.2) is 4.79 Å². The standard InChI is InChI=1S/C23H20O7.C2H4O/c1-14(25)29-21-9-8-17-18(11-22(26)30-23(17)19(21)13-27-2)16(12-24)10-15-6-4-5-7-20(15)28-3;1-2-3/h4-12H,13H2,1-3H3;2H,1H3/b16-10+;. The van der Waals surface area contributed by atoms with Crippen LogP contribution < -0.4 is 15.1 Å². The van der Waals surface area contributed by atoms with Crippen molar-refractivity contribution in [2.45, 2.75) is 20.5 Å². The maximum Gasteiger partial charge on any atom is 0.336 e. The minimum atomic E-state index is -0.650. The van der Waals surface area contributed by atoms with Crippen molar-refractivity contribution in [2.24, 2.45) is 0 Å². The number of rotatable bonds is 7. The van der Waals surface area contributed by atoms with Gasteiger partial charge < -0.3 is 23.4 Å². The van der Waals surface area contributed by atoms with Crippen LogP contribution in [0.2, 0.25) is 0 Å². The summed E-state index contributed by atoms with van der Waals surface area (Å²) in [6, 6.07) is 11.7. The summed E-state index contributed by atoms with van der Waals surface area (Å²) >= 11 is 0. The van der Waals surface area contributed by atoms with E-state index < -0.39 is 11.6 Å². The van der Waals surface area contributed by atoms with Gasteiger partial charge in [0.1, 0.15) is 23.4 Å². The average Bonchev–Trinajstić information content (AvgIpc) is 2.79. The highest BCUT2D eigenvalue weighted by molar-refractivity contribution is 6.17. The Bertz CT molecular complexity index is 1240. The van der Waals surface area contributed by atoms with Crippen molar-refractivity contribution in [3.05, 3.63) is 69.6 Å². The second-order valence-electron chi connectivity index (χ2n) is 6.62. The molecular weight excluding hydrogens is 428 g/mol. The molecule has 0 saturated carbocycles. The van der Waals surface area contributed by atoms with E-state index >= 15 is 0 Å². The van der Waals surface area contributed by atoms with Crippen LogP contribution in [0.3, 0.4) is 0 Å². The maximum absolute atomic E-state index is 12.3. The van der Waals surface area contributed by atoms with Gasteiger partial charge in [0, 0.05) is 42.2 Å². The number of hydrogen-bond acceptors (Lipinski definition) is 8. The second kappa shape index (κ2) is 12.1. The molecule has 0 radical (unpaired) electrons. The van der Waals surface area contributed by atoms with Crippen LogP contribution in [-0.4, -0.2) is 32.8 Å². The van der Waals surface area contributed by atoms with E-state index in [2.05, 4.69) is 0 Å². The van der Waals surface area contributed by atoms with Gasteiger partial charge >= 0.3 is 11.6 Å². The number of carbonyl (C=O) groups is 3. The molecule has 0 bridgehead atoms. The zero-order valence-corrected chi connectivity index (χ0v) is 18.7. The summed E-state index contributed by atoms with van der Waals surface area (Å²) in [5.41, 5.74) is 1.26. The minimum absolute atomic E-state index is 0.0407. The number of methoxy groups -OCH3 is 2.